The minimum absolute atomic E-state index is 0.269. The van der Waals surface area contributed by atoms with Crippen LogP contribution < -0.4 is 10.1 Å². The number of amides is 1. The zero-order chi connectivity index (χ0) is 15.5. The van der Waals surface area contributed by atoms with E-state index in [1.54, 1.807) is 0 Å². The Labute approximate surface area is 136 Å². The second-order valence-electron chi connectivity index (χ2n) is 6.34. The number of halogens is 1. The number of nitrogens with zero attached hydrogens (tertiary/aromatic N) is 1. The lowest BCUT2D eigenvalue weighted by atomic mass is 10.0. The molecule has 0 aliphatic carbocycles. The van der Waals surface area contributed by atoms with Crippen LogP contribution in [-0.4, -0.2) is 43.6 Å². The van der Waals surface area contributed by atoms with Crippen LogP contribution in [0, 0.1) is 18.8 Å². The molecule has 0 unspecified atom stereocenters. The van der Waals surface area contributed by atoms with Crippen LogP contribution in [0.3, 0.4) is 0 Å². The molecule has 3 rings (SSSR count). The van der Waals surface area contributed by atoms with Crippen molar-refractivity contribution in [2.75, 3.05) is 32.8 Å². The van der Waals surface area contributed by atoms with Crippen LogP contribution in [0.4, 0.5) is 0 Å². The summed E-state index contributed by atoms with van der Waals surface area (Å²) in [5, 5.41) is 4.14. The lowest BCUT2D eigenvalue weighted by Gasteiger charge is -2.17. The van der Waals surface area contributed by atoms with Gasteiger partial charge in [0.25, 0.3) is 0 Å². The van der Waals surface area contributed by atoms with Crippen molar-refractivity contribution in [2.45, 2.75) is 19.8 Å². The van der Waals surface area contributed by atoms with Crippen molar-refractivity contribution >= 4 is 17.5 Å². The number of carbonyl (C=O) groups excluding carboxylic acids is 1. The van der Waals surface area contributed by atoms with Gasteiger partial charge in [-0.3, -0.25) is 4.79 Å². The van der Waals surface area contributed by atoms with E-state index < -0.39 is 0 Å². The van der Waals surface area contributed by atoms with E-state index >= 15 is 0 Å². The number of hydrogen-bond acceptors (Lipinski definition) is 3. The molecule has 0 aromatic heterocycles. The van der Waals surface area contributed by atoms with Crippen LogP contribution in [0.25, 0.3) is 0 Å². The highest BCUT2D eigenvalue weighted by atomic mass is 35.5. The molecule has 1 aromatic rings. The first kappa shape index (κ1) is 15.6. The molecule has 2 aliphatic rings. The Morgan fingerprint density at radius 2 is 2.09 bits per heavy atom. The fourth-order valence-electron chi connectivity index (χ4n) is 3.34. The fraction of sp³-hybridized carbons (Fsp3) is 0.588. The molecule has 2 aliphatic heterocycles. The molecule has 2 atom stereocenters. The minimum Gasteiger partial charge on any atom is -0.494 e. The van der Waals surface area contributed by atoms with Gasteiger partial charge < -0.3 is 15.0 Å². The van der Waals surface area contributed by atoms with Crippen LogP contribution in [-0.2, 0) is 4.79 Å². The molecule has 5 heteroatoms. The van der Waals surface area contributed by atoms with Gasteiger partial charge in [-0.2, -0.15) is 0 Å². The van der Waals surface area contributed by atoms with E-state index in [1.165, 1.54) is 0 Å². The first-order valence-corrected chi connectivity index (χ1v) is 8.38. The summed E-state index contributed by atoms with van der Waals surface area (Å²) in [4.78, 5) is 14.2. The van der Waals surface area contributed by atoms with Crippen molar-refractivity contribution < 1.29 is 9.53 Å². The van der Waals surface area contributed by atoms with Gasteiger partial charge in [0.15, 0.2) is 0 Å². The highest BCUT2D eigenvalue weighted by molar-refractivity contribution is 6.31. The Morgan fingerprint density at radius 1 is 1.36 bits per heavy atom. The molecule has 1 aromatic carbocycles. The summed E-state index contributed by atoms with van der Waals surface area (Å²) in [6.45, 7) is 6.50. The molecule has 1 amide bonds. The van der Waals surface area contributed by atoms with Gasteiger partial charge in [-0.1, -0.05) is 11.6 Å². The molecule has 0 spiro atoms. The Hall–Kier alpha value is -1.26. The number of carbonyl (C=O) groups is 1. The lowest BCUT2D eigenvalue weighted by molar-refractivity contribution is -0.130. The molecule has 2 heterocycles. The van der Waals surface area contributed by atoms with Crippen LogP contribution in [0.1, 0.15) is 18.4 Å². The Morgan fingerprint density at radius 3 is 2.77 bits per heavy atom. The summed E-state index contributed by atoms with van der Waals surface area (Å²) in [5.41, 5.74) is 1.01. The third-order valence-corrected chi connectivity index (χ3v) is 5.10. The average molecular weight is 323 g/mol. The fourth-order valence-corrected chi connectivity index (χ4v) is 3.46. The monoisotopic (exact) mass is 322 g/mol. The van der Waals surface area contributed by atoms with Crippen molar-refractivity contribution in [1.82, 2.24) is 10.2 Å². The molecule has 2 saturated heterocycles. The van der Waals surface area contributed by atoms with Gasteiger partial charge in [0.05, 0.1) is 6.61 Å². The van der Waals surface area contributed by atoms with Crippen LogP contribution >= 0.6 is 11.6 Å². The zero-order valence-corrected chi connectivity index (χ0v) is 13.7. The highest BCUT2D eigenvalue weighted by Crippen LogP contribution is 2.27. The van der Waals surface area contributed by atoms with Gasteiger partial charge >= 0.3 is 0 Å². The summed E-state index contributed by atoms with van der Waals surface area (Å²) < 4.78 is 5.69. The van der Waals surface area contributed by atoms with E-state index in [0.29, 0.717) is 24.9 Å². The Kier molecular flexibility index (Phi) is 4.89. The topological polar surface area (TPSA) is 41.6 Å². The lowest BCUT2D eigenvalue weighted by Crippen LogP contribution is -2.31. The smallest absolute Gasteiger partial charge is 0.222 e. The van der Waals surface area contributed by atoms with E-state index in [-0.39, 0.29) is 5.91 Å². The van der Waals surface area contributed by atoms with Crippen molar-refractivity contribution in [2.24, 2.45) is 11.8 Å². The quantitative estimate of drug-likeness (QED) is 0.847. The normalized spacial score (nSPS) is 23.6. The Bertz CT molecular complexity index is 537. The number of ether oxygens (including phenoxy) is 1. The average Bonchev–Trinajstić information content (AvgIpc) is 3.08. The molecular weight excluding hydrogens is 300 g/mol. The molecule has 4 nitrogen and oxygen atoms in total. The summed E-state index contributed by atoms with van der Waals surface area (Å²) in [5.74, 6) is 2.41. The predicted octanol–water partition coefficient (Wildman–Crippen LogP) is 2.49. The molecule has 120 valence electrons. The maximum Gasteiger partial charge on any atom is 0.222 e. The summed E-state index contributed by atoms with van der Waals surface area (Å²) >= 11 is 5.99. The van der Waals surface area contributed by atoms with Crippen LogP contribution in [0.5, 0.6) is 5.75 Å². The number of hydrogen-bond donors (Lipinski definition) is 1. The molecule has 0 radical (unpaired) electrons. The molecule has 22 heavy (non-hydrogen) atoms. The van der Waals surface area contributed by atoms with Gasteiger partial charge in [0, 0.05) is 37.6 Å². The third-order valence-electron chi connectivity index (χ3n) is 4.68. The highest BCUT2D eigenvalue weighted by Gasteiger charge is 2.37. The van der Waals surface area contributed by atoms with Crippen molar-refractivity contribution in [3.8, 4) is 5.75 Å². The molecule has 2 fully saturated rings. The molecular formula is C17H23ClN2O2. The standard InChI is InChI=1S/C17H23ClN2O2/c1-12-7-15(4-5-16(12)18)22-6-2-3-17(21)20-10-13-8-19-9-14(13)11-20/h4-5,7,13-14,19H,2-3,6,8-11H2,1H3/t13-,14+. The van der Waals surface area contributed by atoms with E-state index in [1.807, 2.05) is 30.0 Å². The summed E-state index contributed by atoms with van der Waals surface area (Å²) in [6, 6.07) is 5.64. The van der Waals surface area contributed by atoms with Gasteiger partial charge in [-0.15, -0.1) is 0 Å². The predicted molar refractivity (Wildman–Crippen MR) is 87.3 cm³/mol. The minimum atomic E-state index is 0.269. The SMILES string of the molecule is Cc1cc(OCCCC(=O)N2C[C@H]3CNC[C@H]3C2)ccc1Cl. The first-order valence-electron chi connectivity index (χ1n) is 8.01. The zero-order valence-electron chi connectivity index (χ0n) is 13.0. The molecule has 0 saturated carbocycles. The molecule has 0 bridgehead atoms. The van der Waals surface area contributed by atoms with Gasteiger partial charge in [-0.05, 0) is 48.9 Å². The second-order valence-corrected chi connectivity index (χ2v) is 6.75. The summed E-state index contributed by atoms with van der Waals surface area (Å²) in [6.07, 6.45) is 1.32. The third kappa shape index (κ3) is 3.55. The largest absolute Gasteiger partial charge is 0.494 e. The Balaban J connectivity index is 1.38. The maximum atomic E-state index is 12.2. The van der Waals surface area contributed by atoms with E-state index in [9.17, 15) is 4.79 Å². The van der Waals surface area contributed by atoms with Crippen LogP contribution in [0.2, 0.25) is 5.02 Å². The first-order chi connectivity index (χ1) is 10.6. The number of rotatable bonds is 5. The van der Waals surface area contributed by atoms with E-state index in [2.05, 4.69) is 5.32 Å². The molecule has 1 N–H and O–H groups in total. The number of fused-ring (bicyclic) bond motifs is 1. The number of likely N-dealkylation sites (tertiary alicyclic amines) is 1. The van der Waals surface area contributed by atoms with E-state index in [4.69, 9.17) is 16.3 Å². The van der Waals surface area contributed by atoms with Crippen molar-refractivity contribution in [1.29, 1.82) is 0 Å². The number of aryl methyl sites for hydroxylation is 1. The van der Waals surface area contributed by atoms with Gasteiger partial charge in [0.2, 0.25) is 5.91 Å². The van der Waals surface area contributed by atoms with Crippen molar-refractivity contribution in [3.63, 3.8) is 0 Å². The van der Waals surface area contributed by atoms with Gasteiger partial charge in [0.1, 0.15) is 5.75 Å². The number of nitrogens with one attached hydrogen (secondary N) is 1. The number of benzene rings is 1. The van der Waals surface area contributed by atoms with Gasteiger partial charge in [-0.25, -0.2) is 0 Å². The maximum absolute atomic E-state index is 12.2. The van der Waals surface area contributed by atoms with Crippen molar-refractivity contribution in [3.05, 3.63) is 28.8 Å². The second kappa shape index (κ2) is 6.88. The summed E-state index contributed by atoms with van der Waals surface area (Å²) in [7, 11) is 0. The van der Waals surface area contributed by atoms with Crippen LogP contribution in [0.15, 0.2) is 18.2 Å². The van der Waals surface area contributed by atoms with E-state index in [0.717, 1.165) is 48.9 Å².